The lowest BCUT2D eigenvalue weighted by molar-refractivity contribution is 0.0524. The van der Waals surface area contributed by atoms with Crippen molar-refractivity contribution in [2.24, 2.45) is 0 Å². The molecule has 1 aliphatic carbocycles. The van der Waals surface area contributed by atoms with Crippen LogP contribution in [0.4, 0.5) is 14.9 Å². The van der Waals surface area contributed by atoms with Crippen LogP contribution < -0.4 is 15.6 Å². The quantitative estimate of drug-likeness (QED) is 0.664. The molecule has 178 valence electrons. The lowest BCUT2D eigenvalue weighted by atomic mass is 9.99. The molecular weight excluding hydrogens is 429 g/mol. The van der Waals surface area contributed by atoms with Crippen molar-refractivity contribution < 1.29 is 23.5 Å². The summed E-state index contributed by atoms with van der Waals surface area (Å²) in [6.07, 6.45) is 3.61. The van der Waals surface area contributed by atoms with Gasteiger partial charge in [0.05, 0.1) is 35.8 Å². The van der Waals surface area contributed by atoms with Crippen molar-refractivity contribution in [3.8, 4) is 0 Å². The summed E-state index contributed by atoms with van der Waals surface area (Å²) in [4.78, 5) is 39.4. The number of fused-ring (bicyclic) bond motifs is 1. The van der Waals surface area contributed by atoms with Crippen LogP contribution in [0.15, 0.2) is 11.0 Å². The number of esters is 1. The summed E-state index contributed by atoms with van der Waals surface area (Å²) in [6.45, 7) is 8.26. The van der Waals surface area contributed by atoms with Crippen LogP contribution in [0.2, 0.25) is 0 Å². The number of anilines is 1. The van der Waals surface area contributed by atoms with Crippen molar-refractivity contribution in [1.82, 2.24) is 9.88 Å². The summed E-state index contributed by atoms with van der Waals surface area (Å²) in [5, 5.41) is 3.05. The second-order valence-electron chi connectivity index (χ2n) is 8.66. The Morgan fingerprint density at radius 1 is 1.12 bits per heavy atom. The van der Waals surface area contributed by atoms with Crippen LogP contribution in [-0.2, 0) is 9.47 Å². The SMILES string of the molecule is CCOC(=O)NC1CCN(c2c(F)c(C)c3c(=O)c(C(=O)OCC)cn(C4CC4)c3c2C)C1. The normalized spacial score (nSPS) is 18.0. The third kappa shape index (κ3) is 4.16. The molecule has 33 heavy (non-hydrogen) atoms. The molecule has 2 aliphatic rings. The first-order valence-electron chi connectivity index (χ1n) is 11.5. The minimum absolute atomic E-state index is 0.0641. The smallest absolute Gasteiger partial charge is 0.407 e. The molecule has 1 saturated heterocycles. The highest BCUT2D eigenvalue weighted by atomic mass is 19.1. The highest BCUT2D eigenvalue weighted by molar-refractivity contribution is 5.97. The minimum atomic E-state index is -0.687. The van der Waals surface area contributed by atoms with E-state index in [2.05, 4.69) is 5.32 Å². The van der Waals surface area contributed by atoms with Gasteiger partial charge in [0.25, 0.3) is 0 Å². The second kappa shape index (κ2) is 9.03. The molecule has 1 saturated carbocycles. The van der Waals surface area contributed by atoms with Gasteiger partial charge >= 0.3 is 12.1 Å². The third-order valence-corrected chi connectivity index (χ3v) is 6.39. The minimum Gasteiger partial charge on any atom is -0.462 e. The van der Waals surface area contributed by atoms with E-state index in [0.29, 0.717) is 36.3 Å². The van der Waals surface area contributed by atoms with Gasteiger partial charge in [-0.15, -0.1) is 0 Å². The van der Waals surface area contributed by atoms with Gasteiger partial charge in [0.15, 0.2) is 5.82 Å². The summed E-state index contributed by atoms with van der Waals surface area (Å²) in [5.41, 5.74) is 1.40. The van der Waals surface area contributed by atoms with Crippen LogP contribution in [0.3, 0.4) is 0 Å². The Morgan fingerprint density at radius 3 is 2.45 bits per heavy atom. The second-order valence-corrected chi connectivity index (χ2v) is 8.66. The molecule has 0 bridgehead atoms. The lowest BCUT2D eigenvalue weighted by Gasteiger charge is -2.26. The molecule has 1 N–H and O–H groups in total. The monoisotopic (exact) mass is 459 g/mol. The fourth-order valence-corrected chi connectivity index (χ4v) is 4.72. The molecule has 0 spiro atoms. The molecule has 2 fully saturated rings. The van der Waals surface area contributed by atoms with E-state index in [0.717, 1.165) is 12.8 Å². The Balaban J connectivity index is 1.82. The number of benzene rings is 1. The number of aryl methyl sites for hydroxylation is 2. The number of pyridine rings is 1. The van der Waals surface area contributed by atoms with E-state index < -0.39 is 23.3 Å². The summed E-state index contributed by atoms with van der Waals surface area (Å²) < 4.78 is 27.7. The molecule has 8 nitrogen and oxygen atoms in total. The van der Waals surface area contributed by atoms with Gasteiger partial charge in [0, 0.05) is 30.9 Å². The topological polar surface area (TPSA) is 89.9 Å². The number of hydrogen-bond acceptors (Lipinski definition) is 6. The van der Waals surface area contributed by atoms with Crippen molar-refractivity contribution in [3.05, 3.63) is 38.9 Å². The third-order valence-electron chi connectivity index (χ3n) is 6.39. The predicted molar refractivity (Wildman–Crippen MR) is 123 cm³/mol. The fourth-order valence-electron chi connectivity index (χ4n) is 4.72. The van der Waals surface area contributed by atoms with Gasteiger partial charge in [-0.3, -0.25) is 4.79 Å². The molecule has 0 radical (unpaired) electrons. The number of aromatic nitrogens is 1. The Hall–Kier alpha value is -3.10. The highest BCUT2D eigenvalue weighted by Crippen LogP contribution is 2.41. The zero-order valence-corrected chi connectivity index (χ0v) is 19.5. The lowest BCUT2D eigenvalue weighted by Crippen LogP contribution is -2.37. The molecule has 1 aromatic carbocycles. The maximum Gasteiger partial charge on any atom is 0.407 e. The van der Waals surface area contributed by atoms with Crippen molar-refractivity contribution in [3.63, 3.8) is 0 Å². The first kappa shape index (κ1) is 23.1. The van der Waals surface area contributed by atoms with E-state index in [9.17, 15) is 14.4 Å². The first-order chi connectivity index (χ1) is 15.8. The standard InChI is InChI=1S/C24H30FN3O5/c1-5-32-23(30)17-12-28(16-7-8-16)20-14(4)21(19(25)13(3)18(20)22(17)29)27-10-9-15(11-27)26-24(31)33-6-2/h12,15-16H,5-11H2,1-4H3,(H,26,31). The van der Waals surface area contributed by atoms with E-state index >= 15 is 4.39 Å². The predicted octanol–water partition coefficient (Wildman–Crippen LogP) is 3.59. The Bertz CT molecular complexity index is 1170. The molecule has 1 unspecified atom stereocenters. The van der Waals surface area contributed by atoms with E-state index in [1.807, 2.05) is 16.4 Å². The van der Waals surface area contributed by atoms with Crippen LogP contribution in [0.25, 0.3) is 10.9 Å². The van der Waals surface area contributed by atoms with Gasteiger partial charge in [-0.05, 0) is 52.5 Å². The summed E-state index contributed by atoms with van der Waals surface area (Å²) in [5.74, 6) is -1.16. The Kier molecular flexibility index (Phi) is 6.32. The van der Waals surface area contributed by atoms with Crippen LogP contribution in [0.5, 0.6) is 0 Å². The number of halogens is 1. The number of ether oxygens (including phenoxy) is 2. The first-order valence-corrected chi connectivity index (χ1v) is 11.5. The van der Waals surface area contributed by atoms with E-state index in [1.165, 1.54) is 0 Å². The molecule has 1 atom stereocenters. The molecule has 2 aromatic rings. The number of carbonyl (C=O) groups is 2. The Morgan fingerprint density at radius 2 is 1.82 bits per heavy atom. The summed E-state index contributed by atoms with van der Waals surface area (Å²) in [7, 11) is 0. The van der Waals surface area contributed by atoms with Gasteiger partial charge in [0.1, 0.15) is 5.56 Å². The largest absolute Gasteiger partial charge is 0.462 e. The van der Waals surface area contributed by atoms with Gasteiger partial charge < -0.3 is 24.3 Å². The zero-order chi connectivity index (χ0) is 23.9. The van der Waals surface area contributed by atoms with Crippen molar-refractivity contribution in [2.45, 2.75) is 59.0 Å². The molecule has 9 heteroatoms. The molecule has 1 aromatic heterocycles. The average Bonchev–Trinajstić information content (AvgIpc) is 3.52. The van der Waals surface area contributed by atoms with Crippen LogP contribution in [0, 0.1) is 19.7 Å². The number of carbonyl (C=O) groups excluding carboxylic acids is 2. The van der Waals surface area contributed by atoms with E-state index in [4.69, 9.17) is 9.47 Å². The number of amides is 1. The number of alkyl carbamates (subject to hydrolysis) is 1. The van der Waals surface area contributed by atoms with E-state index in [1.54, 1.807) is 27.0 Å². The number of hydrogen-bond donors (Lipinski definition) is 1. The fraction of sp³-hybridized carbons (Fsp3) is 0.542. The van der Waals surface area contributed by atoms with Crippen molar-refractivity contribution >= 4 is 28.7 Å². The molecule has 2 heterocycles. The molecule has 1 aliphatic heterocycles. The number of nitrogens with zero attached hydrogens (tertiary/aromatic N) is 2. The van der Waals surface area contributed by atoms with Crippen LogP contribution in [-0.4, -0.2) is 49.0 Å². The van der Waals surface area contributed by atoms with Gasteiger partial charge in [-0.25, -0.2) is 14.0 Å². The maximum atomic E-state index is 15.7. The van der Waals surface area contributed by atoms with E-state index in [-0.39, 0.29) is 41.8 Å². The van der Waals surface area contributed by atoms with Crippen LogP contribution in [0.1, 0.15) is 60.6 Å². The Labute approximate surface area is 191 Å². The van der Waals surface area contributed by atoms with Gasteiger partial charge in [0.2, 0.25) is 5.43 Å². The number of nitrogens with one attached hydrogen (secondary N) is 1. The molecular formula is C24H30FN3O5. The highest BCUT2D eigenvalue weighted by Gasteiger charge is 2.33. The average molecular weight is 460 g/mol. The van der Waals surface area contributed by atoms with Crippen molar-refractivity contribution in [2.75, 3.05) is 31.2 Å². The maximum absolute atomic E-state index is 15.7. The van der Waals surface area contributed by atoms with Crippen molar-refractivity contribution in [1.29, 1.82) is 0 Å². The van der Waals surface area contributed by atoms with Crippen LogP contribution >= 0.6 is 0 Å². The summed E-state index contributed by atoms with van der Waals surface area (Å²) >= 11 is 0. The van der Waals surface area contributed by atoms with Gasteiger partial charge in [-0.1, -0.05) is 0 Å². The zero-order valence-electron chi connectivity index (χ0n) is 19.5. The summed E-state index contributed by atoms with van der Waals surface area (Å²) in [6, 6.07) is 0.00478. The molecule has 4 rings (SSSR count). The molecule has 1 amide bonds. The van der Waals surface area contributed by atoms with Gasteiger partial charge in [-0.2, -0.15) is 0 Å². The number of rotatable bonds is 6.